The highest BCUT2D eigenvalue weighted by atomic mass is 19.1. The zero-order chi connectivity index (χ0) is 21.1. The number of aromatic nitrogens is 1. The number of amides is 4. The second-order valence-electron chi connectivity index (χ2n) is 7.36. The lowest BCUT2D eigenvalue weighted by atomic mass is 9.93. The quantitative estimate of drug-likeness (QED) is 0.782. The number of carbonyl (C=O) groups is 3. The molecule has 0 aliphatic carbocycles. The average Bonchev–Trinajstić information content (AvgIpc) is 2.75. The van der Waals surface area contributed by atoms with Gasteiger partial charge in [-0.05, 0) is 49.7 Å². The summed E-state index contributed by atoms with van der Waals surface area (Å²) in [5.74, 6) is -1.23. The maximum absolute atomic E-state index is 13.4. The molecule has 2 atom stereocenters. The first-order valence-electron chi connectivity index (χ1n) is 9.83. The van der Waals surface area contributed by atoms with Crippen LogP contribution in [-0.2, 0) is 16.1 Å². The lowest BCUT2D eigenvalue weighted by Gasteiger charge is -2.46. The average molecular weight is 411 g/mol. The summed E-state index contributed by atoms with van der Waals surface area (Å²) in [4.78, 5) is 45.5. The van der Waals surface area contributed by atoms with E-state index in [1.54, 1.807) is 30.5 Å². The van der Waals surface area contributed by atoms with Crippen molar-refractivity contribution < 1.29 is 18.8 Å². The van der Waals surface area contributed by atoms with Gasteiger partial charge in [0.25, 0.3) is 0 Å². The number of anilines is 1. The molecule has 1 aromatic heterocycles. The number of imide groups is 1. The Kier molecular flexibility index (Phi) is 5.71. The number of benzene rings is 1. The molecule has 8 nitrogen and oxygen atoms in total. The van der Waals surface area contributed by atoms with E-state index >= 15 is 0 Å². The summed E-state index contributed by atoms with van der Waals surface area (Å²) in [7, 11) is 0. The number of rotatable bonds is 5. The van der Waals surface area contributed by atoms with Crippen molar-refractivity contribution in [3.63, 3.8) is 0 Å². The Hall–Kier alpha value is -3.33. The highest BCUT2D eigenvalue weighted by Gasteiger charge is 2.47. The van der Waals surface area contributed by atoms with Gasteiger partial charge in [-0.15, -0.1) is 0 Å². The summed E-state index contributed by atoms with van der Waals surface area (Å²) in [6.07, 6.45) is 3.02. The van der Waals surface area contributed by atoms with E-state index in [0.29, 0.717) is 24.3 Å². The van der Waals surface area contributed by atoms with Crippen LogP contribution < -0.4 is 10.6 Å². The van der Waals surface area contributed by atoms with Crippen LogP contribution in [0.5, 0.6) is 0 Å². The minimum Gasteiger partial charge on any atom is -0.324 e. The van der Waals surface area contributed by atoms with Gasteiger partial charge in [0, 0.05) is 11.9 Å². The number of urea groups is 1. The summed E-state index contributed by atoms with van der Waals surface area (Å²) in [5.41, 5.74) is 0.891. The fraction of sp³-hybridized carbons (Fsp3) is 0.333. The van der Waals surface area contributed by atoms with E-state index in [-0.39, 0.29) is 19.0 Å². The highest BCUT2D eigenvalue weighted by molar-refractivity contribution is 6.02. The topological polar surface area (TPSA) is 94.6 Å². The molecule has 9 heteroatoms. The number of pyridine rings is 1. The molecule has 2 fully saturated rings. The maximum atomic E-state index is 13.4. The third kappa shape index (κ3) is 4.16. The minimum absolute atomic E-state index is 0.0332. The van der Waals surface area contributed by atoms with Crippen LogP contribution in [-0.4, -0.2) is 57.8 Å². The molecule has 0 bridgehead atoms. The molecule has 2 aliphatic rings. The van der Waals surface area contributed by atoms with Crippen molar-refractivity contribution in [3.8, 4) is 0 Å². The first-order chi connectivity index (χ1) is 14.5. The molecule has 4 rings (SSSR count). The Balaban J connectivity index is 1.54. The van der Waals surface area contributed by atoms with Crippen molar-refractivity contribution in [2.75, 3.05) is 18.4 Å². The molecule has 1 aromatic carbocycles. The normalized spacial score (nSPS) is 21.4. The molecule has 30 heavy (non-hydrogen) atoms. The molecule has 0 radical (unpaired) electrons. The second-order valence-corrected chi connectivity index (χ2v) is 7.36. The predicted molar refractivity (Wildman–Crippen MR) is 107 cm³/mol. The van der Waals surface area contributed by atoms with E-state index < -0.39 is 29.8 Å². The van der Waals surface area contributed by atoms with Crippen molar-refractivity contribution in [2.24, 2.45) is 0 Å². The third-order valence-electron chi connectivity index (χ3n) is 5.30. The fourth-order valence-corrected chi connectivity index (χ4v) is 3.92. The number of carbonyl (C=O) groups excluding carboxylic acids is 3. The third-order valence-corrected chi connectivity index (χ3v) is 5.30. The van der Waals surface area contributed by atoms with Crippen LogP contribution in [0.2, 0.25) is 0 Å². The first kappa shape index (κ1) is 20.0. The smallest absolute Gasteiger partial charge is 0.324 e. The van der Waals surface area contributed by atoms with Crippen LogP contribution in [0, 0.1) is 5.82 Å². The Labute approximate surface area is 173 Å². The van der Waals surface area contributed by atoms with E-state index in [1.165, 1.54) is 23.1 Å². The summed E-state index contributed by atoms with van der Waals surface area (Å²) >= 11 is 0. The molecule has 2 aromatic rings. The molecule has 2 N–H and O–H groups in total. The molecule has 2 aliphatic heterocycles. The predicted octanol–water partition coefficient (Wildman–Crippen LogP) is 1.74. The van der Waals surface area contributed by atoms with Crippen LogP contribution in [0.3, 0.4) is 0 Å². The Morgan fingerprint density at radius 1 is 1.23 bits per heavy atom. The first-order valence-corrected chi connectivity index (χ1v) is 9.83. The van der Waals surface area contributed by atoms with Gasteiger partial charge in [0.2, 0.25) is 11.8 Å². The molecular weight excluding hydrogens is 389 g/mol. The molecule has 4 amide bonds. The fourth-order valence-electron chi connectivity index (χ4n) is 3.92. The summed E-state index contributed by atoms with van der Waals surface area (Å²) in [6.45, 7) is 0.470. The minimum atomic E-state index is -0.567. The zero-order valence-electron chi connectivity index (χ0n) is 16.3. The number of hydrogen-bond donors (Lipinski definition) is 2. The van der Waals surface area contributed by atoms with E-state index in [0.717, 1.165) is 11.3 Å². The van der Waals surface area contributed by atoms with Gasteiger partial charge in [0.15, 0.2) is 0 Å². The van der Waals surface area contributed by atoms with Gasteiger partial charge in [-0.3, -0.25) is 19.5 Å². The van der Waals surface area contributed by atoms with Gasteiger partial charge < -0.3 is 15.5 Å². The van der Waals surface area contributed by atoms with Crippen LogP contribution in [0.1, 0.15) is 18.5 Å². The second kappa shape index (κ2) is 8.58. The standard InChI is InChI=1S/C21H22FN5O3/c22-14-5-3-7-15(11-14)25-18(28)13-26-17-8-4-10-24-19(17)20(29)27(21(26)30)12-16-6-1-2-9-23-16/h1-3,5-7,9,11,17,19,24H,4,8,10,12-13H2,(H,25,28). The molecule has 2 saturated heterocycles. The largest absolute Gasteiger partial charge is 0.327 e. The van der Waals surface area contributed by atoms with Crippen molar-refractivity contribution >= 4 is 23.5 Å². The van der Waals surface area contributed by atoms with Gasteiger partial charge in [-0.25, -0.2) is 9.18 Å². The van der Waals surface area contributed by atoms with Crippen molar-refractivity contribution in [1.82, 2.24) is 20.1 Å². The maximum Gasteiger partial charge on any atom is 0.327 e. The van der Waals surface area contributed by atoms with Crippen LogP contribution in [0.25, 0.3) is 0 Å². The Bertz CT molecular complexity index is 955. The van der Waals surface area contributed by atoms with Gasteiger partial charge in [0.05, 0.1) is 18.3 Å². The molecular formula is C21H22FN5O3. The number of nitrogens with zero attached hydrogens (tertiary/aromatic N) is 3. The molecule has 3 heterocycles. The SMILES string of the molecule is O=C(CN1C(=O)N(Cc2ccccn2)C(=O)C2NCCCC21)Nc1cccc(F)c1. The molecule has 0 spiro atoms. The summed E-state index contributed by atoms with van der Waals surface area (Å²) < 4.78 is 13.4. The zero-order valence-corrected chi connectivity index (χ0v) is 16.3. The van der Waals surface area contributed by atoms with Crippen LogP contribution in [0.4, 0.5) is 14.9 Å². The van der Waals surface area contributed by atoms with E-state index in [4.69, 9.17) is 0 Å². The summed E-state index contributed by atoms with van der Waals surface area (Å²) in [5, 5.41) is 5.79. The molecule has 0 saturated carbocycles. The number of nitrogens with one attached hydrogen (secondary N) is 2. The van der Waals surface area contributed by atoms with E-state index in [1.807, 2.05) is 0 Å². The summed E-state index contributed by atoms with van der Waals surface area (Å²) in [6, 6.07) is 9.33. The van der Waals surface area contributed by atoms with Crippen molar-refractivity contribution in [1.29, 1.82) is 0 Å². The van der Waals surface area contributed by atoms with E-state index in [2.05, 4.69) is 15.6 Å². The lowest BCUT2D eigenvalue weighted by Crippen LogP contribution is -2.70. The number of hydrogen-bond acceptors (Lipinski definition) is 5. The number of fused-ring (bicyclic) bond motifs is 1. The van der Waals surface area contributed by atoms with Crippen molar-refractivity contribution in [3.05, 3.63) is 60.2 Å². The Morgan fingerprint density at radius 2 is 2.10 bits per heavy atom. The van der Waals surface area contributed by atoms with Gasteiger partial charge in [0.1, 0.15) is 18.4 Å². The van der Waals surface area contributed by atoms with Gasteiger partial charge in [-0.1, -0.05) is 12.1 Å². The van der Waals surface area contributed by atoms with Gasteiger partial charge >= 0.3 is 6.03 Å². The highest BCUT2D eigenvalue weighted by Crippen LogP contribution is 2.25. The van der Waals surface area contributed by atoms with E-state index in [9.17, 15) is 18.8 Å². The number of piperidine rings is 1. The monoisotopic (exact) mass is 411 g/mol. The molecule has 156 valence electrons. The van der Waals surface area contributed by atoms with Crippen LogP contribution >= 0.6 is 0 Å². The Morgan fingerprint density at radius 3 is 2.87 bits per heavy atom. The van der Waals surface area contributed by atoms with Gasteiger partial charge in [-0.2, -0.15) is 0 Å². The van der Waals surface area contributed by atoms with Crippen LogP contribution in [0.15, 0.2) is 48.7 Å². The number of halogens is 1. The molecule has 2 unspecified atom stereocenters. The van der Waals surface area contributed by atoms with Crippen molar-refractivity contribution in [2.45, 2.75) is 31.5 Å². The lowest BCUT2D eigenvalue weighted by molar-refractivity contribution is -0.138.